The van der Waals surface area contributed by atoms with Crippen LogP contribution in [0.3, 0.4) is 0 Å². The molecule has 8 heteroatoms. The molecular formula is C16H15F2NO4S. The summed E-state index contributed by atoms with van der Waals surface area (Å²) in [5.41, 5.74) is 1.12. The predicted molar refractivity (Wildman–Crippen MR) is 82.5 cm³/mol. The van der Waals surface area contributed by atoms with Crippen LogP contribution in [0.5, 0.6) is 0 Å². The first-order valence-corrected chi connectivity index (χ1v) is 8.64. The van der Waals surface area contributed by atoms with Crippen molar-refractivity contribution in [1.29, 1.82) is 0 Å². The first kappa shape index (κ1) is 18.0. The van der Waals surface area contributed by atoms with Gasteiger partial charge in [-0.2, -0.15) is 8.78 Å². The highest BCUT2D eigenvalue weighted by Crippen LogP contribution is 2.19. The molecule has 0 aliphatic rings. The largest absolute Gasteiger partial charge is 0.462 e. The molecule has 0 saturated heterocycles. The minimum Gasteiger partial charge on any atom is -0.462 e. The van der Waals surface area contributed by atoms with Crippen LogP contribution >= 0.6 is 0 Å². The molecule has 128 valence electrons. The smallest absolute Gasteiger partial charge is 0.341 e. The molecule has 0 unspecified atom stereocenters. The van der Waals surface area contributed by atoms with Gasteiger partial charge in [-0.15, -0.1) is 0 Å². The highest BCUT2D eigenvalue weighted by molar-refractivity contribution is 7.91. The Hall–Kier alpha value is -2.35. The van der Waals surface area contributed by atoms with Gasteiger partial charge in [-0.25, -0.2) is 13.2 Å². The van der Waals surface area contributed by atoms with Crippen LogP contribution in [0.2, 0.25) is 0 Å². The third-order valence-electron chi connectivity index (χ3n) is 3.22. The second kappa shape index (κ2) is 7.96. The lowest BCUT2D eigenvalue weighted by molar-refractivity contribution is 0.0500. The van der Waals surface area contributed by atoms with Crippen molar-refractivity contribution in [3.05, 3.63) is 59.9 Å². The van der Waals surface area contributed by atoms with Crippen LogP contribution in [0.15, 0.2) is 53.7 Å². The summed E-state index contributed by atoms with van der Waals surface area (Å²) < 4.78 is 52.5. The van der Waals surface area contributed by atoms with Crippen LogP contribution in [0, 0.1) is 0 Å². The lowest BCUT2D eigenvalue weighted by atomic mass is 10.2. The summed E-state index contributed by atoms with van der Waals surface area (Å²) in [5, 5.41) is 0. The van der Waals surface area contributed by atoms with Crippen LogP contribution in [0.1, 0.15) is 22.3 Å². The summed E-state index contributed by atoms with van der Waals surface area (Å²) in [7, 11) is -4.66. The molecule has 0 spiro atoms. The summed E-state index contributed by atoms with van der Waals surface area (Å²) >= 11 is 0. The molecule has 1 aromatic carbocycles. The van der Waals surface area contributed by atoms with E-state index in [-0.39, 0.29) is 12.2 Å². The maximum absolute atomic E-state index is 12.4. The third-order valence-corrected chi connectivity index (χ3v) is 4.62. The Morgan fingerprint density at radius 3 is 2.46 bits per heavy atom. The Morgan fingerprint density at radius 2 is 1.88 bits per heavy atom. The SMILES string of the molecule is O=C(OCCCc1cccnc1)c1ccc(S(=O)(=O)C(F)F)cc1. The number of benzene rings is 1. The molecule has 0 amide bonds. The van der Waals surface area contributed by atoms with Crippen LogP contribution in [-0.4, -0.2) is 31.7 Å². The van der Waals surface area contributed by atoms with E-state index in [4.69, 9.17) is 4.74 Å². The van der Waals surface area contributed by atoms with Gasteiger partial charge in [-0.1, -0.05) is 6.07 Å². The highest BCUT2D eigenvalue weighted by atomic mass is 32.2. The standard InChI is InChI=1S/C16H15F2NO4S/c17-16(18)24(21,22)14-7-5-13(6-8-14)15(20)23-10-2-4-12-3-1-9-19-11-12/h1,3,5-9,11,16H,2,4,10H2. The number of hydrogen-bond donors (Lipinski definition) is 0. The number of aromatic nitrogens is 1. The zero-order valence-corrected chi connectivity index (χ0v) is 13.4. The van der Waals surface area contributed by atoms with Gasteiger partial charge in [0.15, 0.2) is 0 Å². The minimum atomic E-state index is -4.66. The fourth-order valence-corrected chi connectivity index (χ4v) is 2.68. The lowest BCUT2D eigenvalue weighted by Crippen LogP contribution is -2.12. The molecular weight excluding hydrogens is 340 g/mol. The number of hydrogen-bond acceptors (Lipinski definition) is 5. The van der Waals surface area contributed by atoms with Gasteiger partial charge in [0.1, 0.15) is 0 Å². The van der Waals surface area contributed by atoms with Crippen LogP contribution in [0.25, 0.3) is 0 Å². The number of ether oxygens (including phenoxy) is 1. The van der Waals surface area contributed by atoms with Gasteiger partial charge in [0.2, 0.25) is 9.84 Å². The molecule has 5 nitrogen and oxygen atoms in total. The van der Waals surface area contributed by atoms with E-state index >= 15 is 0 Å². The van der Waals surface area contributed by atoms with Crippen LogP contribution < -0.4 is 0 Å². The number of halogens is 2. The van der Waals surface area contributed by atoms with E-state index in [0.717, 1.165) is 29.8 Å². The molecule has 0 bridgehead atoms. The van der Waals surface area contributed by atoms with Gasteiger partial charge < -0.3 is 4.74 Å². The summed E-state index contributed by atoms with van der Waals surface area (Å²) in [5.74, 6) is -4.13. The topological polar surface area (TPSA) is 73.3 Å². The monoisotopic (exact) mass is 355 g/mol. The van der Waals surface area contributed by atoms with E-state index in [1.807, 2.05) is 12.1 Å². The Kier molecular flexibility index (Phi) is 5.97. The molecule has 0 radical (unpaired) electrons. The van der Waals surface area contributed by atoms with E-state index in [9.17, 15) is 22.0 Å². The van der Waals surface area contributed by atoms with E-state index < -0.39 is 26.5 Å². The number of nitrogens with zero attached hydrogens (tertiary/aromatic N) is 1. The zero-order valence-electron chi connectivity index (χ0n) is 12.6. The molecule has 2 aromatic rings. The zero-order chi connectivity index (χ0) is 17.6. The molecule has 24 heavy (non-hydrogen) atoms. The number of aryl methyl sites for hydroxylation is 1. The first-order valence-electron chi connectivity index (χ1n) is 7.09. The van der Waals surface area contributed by atoms with Gasteiger partial charge in [0.25, 0.3) is 0 Å². The van der Waals surface area contributed by atoms with E-state index in [2.05, 4.69) is 4.98 Å². The van der Waals surface area contributed by atoms with Crippen molar-refractivity contribution in [3.8, 4) is 0 Å². The Labute approximate surface area is 138 Å². The second-order valence-electron chi connectivity index (χ2n) is 4.93. The van der Waals surface area contributed by atoms with Crippen molar-refractivity contribution < 1.29 is 26.7 Å². The van der Waals surface area contributed by atoms with Gasteiger partial charge in [0.05, 0.1) is 17.1 Å². The Balaban J connectivity index is 1.87. The maximum Gasteiger partial charge on any atom is 0.341 e. The predicted octanol–water partition coefficient (Wildman–Crippen LogP) is 2.87. The summed E-state index contributed by atoms with van der Waals surface area (Å²) in [4.78, 5) is 15.3. The maximum atomic E-state index is 12.4. The molecule has 0 fully saturated rings. The van der Waals surface area contributed by atoms with Crippen molar-refractivity contribution in [2.45, 2.75) is 23.5 Å². The Bertz CT molecular complexity index is 777. The molecule has 0 saturated carbocycles. The van der Waals surface area contributed by atoms with Crippen molar-refractivity contribution in [3.63, 3.8) is 0 Å². The van der Waals surface area contributed by atoms with E-state index in [1.54, 1.807) is 12.4 Å². The van der Waals surface area contributed by atoms with Gasteiger partial charge in [0, 0.05) is 12.4 Å². The molecule has 1 heterocycles. The van der Waals surface area contributed by atoms with Gasteiger partial charge in [-0.05, 0) is 48.7 Å². The van der Waals surface area contributed by atoms with E-state index in [0.29, 0.717) is 12.8 Å². The number of carbonyl (C=O) groups excluding carboxylic acids is 1. The molecule has 0 N–H and O–H groups in total. The number of sulfone groups is 1. The summed E-state index contributed by atoms with van der Waals surface area (Å²) in [6.07, 6.45) is 4.70. The number of pyridine rings is 1. The molecule has 0 atom stereocenters. The summed E-state index contributed by atoms with van der Waals surface area (Å²) in [6.45, 7) is 0.185. The quantitative estimate of drug-likeness (QED) is 0.564. The van der Waals surface area contributed by atoms with Crippen molar-refractivity contribution in [1.82, 2.24) is 4.98 Å². The number of esters is 1. The first-order chi connectivity index (χ1) is 11.4. The van der Waals surface area contributed by atoms with Gasteiger partial charge in [-0.3, -0.25) is 4.98 Å². The summed E-state index contributed by atoms with van der Waals surface area (Å²) in [6, 6.07) is 7.96. The van der Waals surface area contributed by atoms with Gasteiger partial charge >= 0.3 is 11.7 Å². The average Bonchev–Trinajstić information content (AvgIpc) is 2.59. The number of alkyl halides is 2. The lowest BCUT2D eigenvalue weighted by Gasteiger charge is -2.06. The van der Waals surface area contributed by atoms with Crippen molar-refractivity contribution >= 4 is 15.8 Å². The number of carbonyl (C=O) groups is 1. The fraction of sp³-hybridized carbons (Fsp3) is 0.250. The average molecular weight is 355 g/mol. The van der Waals surface area contributed by atoms with Crippen molar-refractivity contribution in [2.24, 2.45) is 0 Å². The minimum absolute atomic E-state index is 0.101. The molecule has 1 aromatic heterocycles. The number of rotatable bonds is 7. The Morgan fingerprint density at radius 1 is 1.17 bits per heavy atom. The normalized spacial score (nSPS) is 11.5. The van der Waals surface area contributed by atoms with E-state index in [1.165, 1.54) is 0 Å². The molecule has 0 aliphatic carbocycles. The molecule has 0 aliphatic heterocycles. The van der Waals surface area contributed by atoms with Crippen LogP contribution in [-0.2, 0) is 21.0 Å². The third kappa shape index (κ3) is 4.58. The fourth-order valence-electron chi connectivity index (χ4n) is 1.95. The highest BCUT2D eigenvalue weighted by Gasteiger charge is 2.26. The molecule has 2 rings (SSSR count). The van der Waals surface area contributed by atoms with Crippen LogP contribution in [0.4, 0.5) is 8.78 Å². The van der Waals surface area contributed by atoms with Crippen molar-refractivity contribution in [2.75, 3.05) is 6.61 Å². The second-order valence-corrected chi connectivity index (χ2v) is 6.85.